The van der Waals surface area contributed by atoms with Gasteiger partial charge < -0.3 is 10.1 Å². The molecule has 0 saturated heterocycles. The largest absolute Gasteiger partial charge is 0.411 e. The smallest absolute Gasteiger partial charge is 0.371 e. The minimum atomic E-state index is -4.26. The minimum absolute atomic E-state index is 0.0280. The second kappa shape index (κ2) is 7.51. The van der Waals surface area contributed by atoms with Crippen LogP contribution in [0.5, 0.6) is 0 Å². The number of nitrogens with zero attached hydrogens (tertiary/aromatic N) is 1. The third-order valence-corrected chi connectivity index (χ3v) is 2.21. The van der Waals surface area contributed by atoms with E-state index in [1.165, 1.54) is 0 Å². The average molecular weight is 252 g/mol. The summed E-state index contributed by atoms with van der Waals surface area (Å²) in [7, 11) is 0. The van der Waals surface area contributed by atoms with Crippen LogP contribution in [0.4, 0.5) is 13.2 Å². The molecule has 0 atom stereocenters. The highest BCUT2D eigenvalue weighted by Gasteiger charge is 2.27. The highest BCUT2D eigenvalue weighted by Crippen LogP contribution is 2.20. The van der Waals surface area contributed by atoms with Crippen LogP contribution in [0.2, 0.25) is 0 Å². The highest BCUT2D eigenvalue weighted by molar-refractivity contribution is 4.78. The predicted octanol–water partition coefficient (Wildman–Crippen LogP) is 2.48. The van der Waals surface area contributed by atoms with Crippen molar-refractivity contribution >= 4 is 0 Å². The van der Waals surface area contributed by atoms with Gasteiger partial charge in [0.1, 0.15) is 6.61 Å². The van der Waals surface area contributed by atoms with Gasteiger partial charge in [0, 0.05) is 19.5 Å². The number of rotatable bonds is 8. The van der Waals surface area contributed by atoms with Gasteiger partial charge in [0.25, 0.3) is 0 Å². The number of nitrogens with one attached hydrogen (secondary N) is 1. The number of halogens is 3. The van der Waals surface area contributed by atoms with E-state index < -0.39 is 12.8 Å². The zero-order valence-corrected chi connectivity index (χ0v) is 10.2. The summed E-state index contributed by atoms with van der Waals surface area (Å²) in [6.07, 6.45) is -3.01. The molecule has 0 aliphatic carbocycles. The Bertz CT molecular complexity index is 246. The van der Waals surface area contributed by atoms with Gasteiger partial charge in [0.15, 0.2) is 0 Å². The van der Waals surface area contributed by atoms with Crippen molar-refractivity contribution in [3.8, 4) is 6.07 Å². The fraction of sp³-hybridized carbons (Fsp3) is 0.909. The average Bonchev–Trinajstić information content (AvgIpc) is 2.19. The third-order valence-electron chi connectivity index (χ3n) is 2.21. The number of hydrogen-bond donors (Lipinski definition) is 1. The molecule has 0 aliphatic rings. The monoisotopic (exact) mass is 252 g/mol. The van der Waals surface area contributed by atoms with Crippen molar-refractivity contribution in [3.05, 3.63) is 0 Å². The zero-order chi connectivity index (χ0) is 13.4. The molecule has 0 aliphatic heterocycles. The molecule has 1 N–H and O–H groups in total. The number of nitriles is 1. The van der Waals surface area contributed by atoms with Crippen molar-refractivity contribution in [2.24, 2.45) is 5.41 Å². The molecule has 0 rings (SSSR count). The van der Waals surface area contributed by atoms with E-state index in [4.69, 9.17) is 5.26 Å². The number of hydrogen-bond acceptors (Lipinski definition) is 3. The van der Waals surface area contributed by atoms with Gasteiger partial charge >= 0.3 is 6.18 Å². The fourth-order valence-electron chi connectivity index (χ4n) is 1.24. The van der Waals surface area contributed by atoms with Gasteiger partial charge in [-0.1, -0.05) is 13.8 Å². The molecular formula is C11H19F3N2O. The molecule has 0 bridgehead atoms. The first-order valence-corrected chi connectivity index (χ1v) is 5.49. The van der Waals surface area contributed by atoms with E-state index in [1.807, 2.05) is 13.8 Å². The summed E-state index contributed by atoms with van der Waals surface area (Å²) in [5.74, 6) is 0. The first-order valence-electron chi connectivity index (χ1n) is 5.49. The Balaban J connectivity index is 3.48. The molecule has 0 aromatic rings. The SMILES string of the molecule is CC(C)(CCC#N)CNCCOCC(F)(F)F. The van der Waals surface area contributed by atoms with E-state index in [0.717, 1.165) is 6.42 Å². The van der Waals surface area contributed by atoms with Crippen molar-refractivity contribution in [3.63, 3.8) is 0 Å². The Hall–Kier alpha value is -0.800. The Kier molecular flexibility index (Phi) is 7.16. The molecule has 17 heavy (non-hydrogen) atoms. The molecule has 0 heterocycles. The van der Waals surface area contributed by atoms with E-state index in [0.29, 0.717) is 19.5 Å². The summed E-state index contributed by atoms with van der Waals surface area (Å²) in [5.41, 5.74) is -0.0280. The Morgan fingerprint density at radius 2 is 1.94 bits per heavy atom. The topological polar surface area (TPSA) is 45.0 Å². The van der Waals surface area contributed by atoms with Crippen LogP contribution in [0.15, 0.2) is 0 Å². The molecular weight excluding hydrogens is 233 g/mol. The number of alkyl halides is 3. The van der Waals surface area contributed by atoms with Gasteiger partial charge in [-0.05, 0) is 11.8 Å². The molecule has 0 aromatic carbocycles. The van der Waals surface area contributed by atoms with Crippen molar-refractivity contribution in [2.75, 3.05) is 26.3 Å². The van der Waals surface area contributed by atoms with Crippen molar-refractivity contribution in [1.82, 2.24) is 5.32 Å². The molecule has 100 valence electrons. The molecule has 0 saturated carbocycles. The maximum atomic E-state index is 11.7. The lowest BCUT2D eigenvalue weighted by Crippen LogP contribution is -2.32. The fourth-order valence-corrected chi connectivity index (χ4v) is 1.24. The molecule has 3 nitrogen and oxygen atoms in total. The van der Waals surface area contributed by atoms with Crippen LogP contribution in [-0.4, -0.2) is 32.5 Å². The highest BCUT2D eigenvalue weighted by atomic mass is 19.4. The minimum Gasteiger partial charge on any atom is -0.371 e. The van der Waals surface area contributed by atoms with Gasteiger partial charge in [0.05, 0.1) is 12.7 Å². The maximum Gasteiger partial charge on any atom is 0.411 e. The predicted molar refractivity (Wildman–Crippen MR) is 58.4 cm³/mol. The standard InChI is InChI=1S/C11H19F3N2O/c1-10(2,4-3-5-15)8-16-6-7-17-9-11(12,13)14/h16H,3-4,6-9H2,1-2H3. The Labute approximate surface area is 99.9 Å². The van der Waals surface area contributed by atoms with Crippen molar-refractivity contribution in [1.29, 1.82) is 5.26 Å². The number of ether oxygens (including phenoxy) is 1. The second-order valence-corrected chi connectivity index (χ2v) is 4.67. The Morgan fingerprint density at radius 3 is 2.47 bits per heavy atom. The van der Waals surface area contributed by atoms with Crippen molar-refractivity contribution in [2.45, 2.75) is 32.9 Å². The quantitative estimate of drug-likeness (QED) is 0.675. The van der Waals surface area contributed by atoms with E-state index >= 15 is 0 Å². The normalized spacial score (nSPS) is 12.5. The second-order valence-electron chi connectivity index (χ2n) is 4.67. The van der Waals surface area contributed by atoms with Crippen LogP contribution in [0.1, 0.15) is 26.7 Å². The molecule has 0 radical (unpaired) electrons. The lowest BCUT2D eigenvalue weighted by Gasteiger charge is -2.23. The van der Waals surface area contributed by atoms with Gasteiger partial charge in [0.2, 0.25) is 0 Å². The molecule has 0 unspecified atom stereocenters. The van der Waals surface area contributed by atoms with E-state index in [-0.39, 0.29) is 12.0 Å². The van der Waals surface area contributed by atoms with Gasteiger partial charge in [-0.15, -0.1) is 0 Å². The van der Waals surface area contributed by atoms with E-state index in [1.54, 1.807) is 0 Å². The van der Waals surface area contributed by atoms with Crippen LogP contribution in [-0.2, 0) is 4.74 Å². The van der Waals surface area contributed by atoms with Crippen LogP contribution < -0.4 is 5.32 Å². The Morgan fingerprint density at radius 1 is 1.29 bits per heavy atom. The first kappa shape index (κ1) is 16.2. The summed E-state index contributed by atoms with van der Waals surface area (Å²) in [5, 5.41) is 11.5. The maximum absolute atomic E-state index is 11.7. The van der Waals surface area contributed by atoms with E-state index in [2.05, 4.69) is 16.1 Å². The first-order chi connectivity index (χ1) is 7.77. The van der Waals surface area contributed by atoms with Crippen LogP contribution in [0, 0.1) is 16.7 Å². The lowest BCUT2D eigenvalue weighted by atomic mass is 9.88. The third kappa shape index (κ3) is 11.5. The molecule has 0 spiro atoms. The summed E-state index contributed by atoms with van der Waals surface area (Å²) in [6, 6.07) is 2.07. The van der Waals surface area contributed by atoms with Gasteiger partial charge in [-0.25, -0.2) is 0 Å². The van der Waals surface area contributed by atoms with Crippen LogP contribution in [0.3, 0.4) is 0 Å². The van der Waals surface area contributed by atoms with E-state index in [9.17, 15) is 13.2 Å². The zero-order valence-electron chi connectivity index (χ0n) is 10.2. The molecule has 0 amide bonds. The van der Waals surface area contributed by atoms with Crippen LogP contribution in [0.25, 0.3) is 0 Å². The summed E-state index contributed by atoms with van der Waals surface area (Å²) < 4.78 is 39.6. The lowest BCUT2D eigenvalue weighted by molar-refractivity contribution is -0.173. The van der Waals surface area contributed by atoms with Crippen LogP contribution >= 0.6 is 0 Å². The summed E-state index contributed by atoms with van der Waals surface area (Å²) in [6.45, 7) is 3.89. The summed E-state index contributed by atoms with van der Waals surface area (Å²) >= 11 is 0. The molecule has 0 fully saturated rings. The van der Waals surface area contributed by atoms with Gasteiger partial charge in [-0.2, -0.15) is 18.4 Å². The molecule has 6 heteroatoms. The van der Waals surface area contributed by atoms with Crippen molar-refractivity contribution < 1.29 is 17.9 Å². The molecule has 0 aromatic heterocycles. The summed E-state index contributed by atoms with van der Waals surface area (Å²) in [4.78, 5) is 0. The van der Waals surface area contributed by atoms with Gasteiger partial charge in [-0.3, -0.25) is 0 Å².